The molecule has 1 aliphatic carbocycles. The highest BCUT2D eigenvalue weighted by Gasteiger charge is 2.33. The second-order valence-electron chi connectivity index (χ2n) is 5.71. The highest BCUT2D eigenvalue weighted by molar-refractivity contribution is 5.52. The lowest BCUT2D eigenvalue weighted by Crippen LogP contribution is -2.35. The van der Waals surface area contributed by atoms with Gasteiger partial charge in [0.15, 0.2) is 0 Å². The van der Waals surface area contributed by atoms with Crippen molar-refractivity contribution in [3.63, 3.8) is 0 Å². The molecular formula is C14H21FN2. The van der Waals surface area contributed by atoms with Crippen LogP contribution >= 0.6 is 0 Å². The quantitative estimate of drug-likeness (QED) is 0.783. The summed E-state index contributed by atoms with van der Waals surface area (Å²) in [7, 11) is 0. The van der Waals surface area contributed by atoms with Crippen molar-refractivity contribution in [2.24, 2.45) is 11.3 Å². The van der Waals surface area contributed by atoms with E-state index in [0.717, 1.165) is 18.2 Å². The van der Waals surface area contributed by atoms with Gasteiger partial charge in [-0.15, -0.1) is 0 Å². The summed E-state index contributed by atoms with van der Waals surface area (Å²) in [6, 6.07) is 4.90. The van der Waals surface area contributed by atoms with Crippen molar-refractivity contribution >= 4 is 11.4 Å². The molecule has 0 unspecified atom stereocenters. The summed E-state index contributed by atoms with van der Waals surface area (Å²) in [4.78, 5) is 0. The van der Waals surface area contributed by atoms with E-state index in [0.29, 0.717) is 0 Å². The predicted molar refractivity (Wildman–Crippen MR) is 70.4 cm³/mol. The number of halogens is 1. The van der Waals surface area contributed by atoms with Crippen molar-refractivity contribution in [3.05, 3.63) is 24.0 Å². The number of hydrogen-bond donors (Lipinski definition) is 2. The van der Waals surface area contributed by atoms with E-state index in [1.165, 1.54) is 25.3 Å². The van der Waals surface area contributed by atoms with Gasteiger partial charge < -0.3 is 11.1 Å². The van der Waals surface area contributed by atoms with Crippen molar-refractivity contribution in [2.45, 2.75) is 33.1 Å². The number of nitrogens with one attached hydrogen (secondary N) is 1. The average molecular weight is 236 g/mol. The highest BCUT2D eigenvalue weighted by atomic mass is 19.1. The van der Waals surface area contributed by atoms with E-state index in [1.807, 2.05) is 6.07 Å². The summed E-state index contributed by atoms with van der Waals surface area (Å²) in [5.74, 6) is 0.449. The standard InChI is InChI=1S/C14H21FN2/c1-14(2,10-4-3-5-10)9-17-11-6-7-13(16)12(15)8-11/h6-8,10,17H,3-5,9,16H2,1-2H3. The lowest BCUT2D eigenvalue weighted by atomic mass is 9.67. The van der Waals surface area contributed by atoms with E-state index >= 15 is 0 Å². The first-order valence-electron chi connectivity index (χ1n) is 6.28. The summed E-state index contributed by atoms with van der Waals surface area (Å²) in [5.41, 5.74) is 6.73. The first-order chi connectivity index (χ1) is 7.99. The molecule has 2 rings (SSSR count). The monoisotopic (exact) mass is 236 g/mol. The molecule has 2 nitrogen and oxygen atoms in total. The van der Waals surface area contributed by atoms with Crippen LogP contribution in [0.15, 0.2) is 18.2 Å². The molecule has 1 saturated carbocycles. The Balaban J connectivity index is 1.94. The van der Waals surface area contributed by atoms with Crippen LogP contribution in [0.1, 0.15) is 33.1 Å². The van der Waals surface area contributed by atoms with Crippen molar-refractivity contribution < 1.29 is 4.39 Å². The van der Waals surface area contributed by atoms with Crippen LogP contribution in [-0.2, 0) is 0 Å². The average Bonchev–Trinajstić information content (AvgIpc) is 2.17. The summed E-state index contributed by atoms with van der Waals surface area (Å²) in [6.07, 6.45) is 4.00. The fourth-order valence-electron chi connectivity index (χ4n) is 2.30. The fourth-order valence-corrected chi connectivity index (χ4v) is 2.30. The second kappa shape index (κ2) is 4.55. The first-order valence-corrected chi connectivity index (χ1v) is 6.28. The minimum atomic E-state index is -0.351. The lowest BCUT2D eigenvalue weighted by molar-refractivity contribution is 0.134. The van der Waals surface area contributed by atoms with E-state index in [9.17, 15) is 4.39 Å². The molecule has 0 radical (unpaired) electrons. The van der Waals surface area contributed by atoms with E-state index in [4.69, 9.17) is 5.73 Å². The number of benzene rings is 1. The topological polar surface area (TPSA) is 38.0 Å². The van der Waals surface area contributed by atoms with Crippen LogP contribution in [-0.4, -0.2) is 6.54 Å². The van der Waals surface area contributed by atoms with Gasteiger partial charge >= 0.3 is 0 Å². The molecule has 0 saturated heterocycles. The molecule has 0 aromatic heterocycles. The van der Waals surface area contributed by atoms with Crippen molar-refractivity contribution in [1.29, 1.82) is 0 Å². The second-order valence-corrected chi connectivity index (χ2v) is 5.71. The molecule has 1 fully saturated rings. The third-order valence-corrected chi connectivity index (χ3v) is 3.96. The molecular weight excluding hydrogens is 215 g/mol. The van der Waals surface area contributed by atoms with Crippen molar-refractivity contribution in [3.8, 4) is 0 Å². The molecule has 3 heteroatoms. The van der Waals surface area contributed by atoms with Gasteiger partial charge in [-0.05, 0) is 42.4 Å². The van der Waals surface area contributed by atoms with Crippen molar-refractivity contribution in [1.82, 2.24) is 0 Å². The molecule has 1 aliphatic rings. The number of nitrogens with two attached hydrogens (primary N) is 1. The lowest BCUT2D eigenvalue weighted by Gasteiger charge is -2.40. The molecule has 0 bridgehead atoms. The van der Waals surface area contributed by atoms with Gasteiger partial charge in [-0.3, -0.25) is 0 Å². The van der Waals surface area contributed by atoms with Gasteiger partial charge in [-0.25, -0.2) is 4.39 Å². The Bertz CT molecular complexity index is 397. The Hall–Kier alpha value is -1.25. The van der Waals surface area contributed by atoms with Gasteiger partial charge in [0.05, 0.1) is 5.69 Å². The maximum Gasteiger partial charge on any atom is 0.148 e. The van der Waals surface area contributed by atoms with Gasteiger partial charge in [0, 0.05) is 12.2 Å². The Kier molecular flexibility index (Phi) is 3.27. The zero-order valence-electron chi connectivity index (χ0n) is 10.6. The molecule has 17 heavy (non-hydrogen) atoms. The first kappa shape index (κ1) is 12.2. The molecule has 0 spiro atoms. The fraction of sp³-hybridized carbons (Fsp3) is 0.571. The summed E-state index contributed by atoms with van der Waals surface area (Å²) >= 11 is 0. The van der Waals surface area contributed by atoms with Gasteiger partial charge in [-0.2, -0.15) is 0 Å². The molecule has 0 aliphatic heterocycles. The largest absolute Gasteiger partial charge is 0.396 e. The smallest absolute Gasteiger partial charge is 0.148 e. The third kappa shape index (κ3) is 2.71. The van der Waals surface area contributed by atoms with E-state index in [1.54, 1.807) is 6.07 Å². The van der Waals surface area contributed by atoms with Crippen LogP contribution in [0.4, 0.5) is 15.8 Å². The molecule has 1 aromatic carbocycles. The van der Waals surface area contributed by atoms with Crippen LogP contribution in [0.3, 0.4) is 0 Å². The number of rotatable bonds is 4. The number of anilines is 2. The molecule has 0 atom stereocenters. The van der Waals surface area contributed by atoms with E-state index < -0.39 is 0 Å². The minimum absolute atomic E-state index is 0.203. The maximum absolute atomic E-state index is 13.3. The van der Waals surface area contributed by atoms with Crippen LogP contribution in [0, 0.1) is 17.2 Å². The normalized spacial score (nSPS) is 16.6. The Morgan fingerprint density at radius 2 is 2.12 bits per heavy atom. The molecule has 1 aromatic rings. The summed E-state index contributed by atoms with van der Waals surface area (Å²) < 4.78 is 13.3. The van der Waals surface area contributed by atoms with E-state index in [2.05, 4.69) is 19.2 Å². The minimum Gasteiger partial charge on any atom is -0.396 e. The Labute approximate surface area is 102 Å². The van der Waals surface area contributed by atoms with Gasteiger partial charge in [0.2, 0.25) is 0 Å². The van der Waals surface area contributed by atoms with Gasteiger partial charge in [0.1, 0.15) is 5.82 Å². The van der Waals surface area contributed by atoms with Crippen LogP contribution in [0.2, 0.25) is 0 Å². The van der Waals surface area contributed by atoms with Gasteiger partial charge in [-0.1, -0.05) is 20.3 Å². The Morgan fingerprint density at radius 1 is 1.41 bits per heavy atom. The van der Waals surface area contributed by atoms with Crippen LogP contribution < -0.4 is 11.1 Å². The van der Waals surface area contributed by atoms with Crippen LogP contribution in [0.25, 0.3) is 0 Å². The van der Waals surface area contributed by atoms with Gasteiger partial charge in [0.25, 0.3) is 0 Å². The predicted octanol–water partition coefficient (Wildman–Crippen LogP) is 3.65. The zero-order chi connectivity index (χ0) is 12.5. The molecule has 0 heterocycles. The van der Waals surface area contributed by atoms with E-state index in [-0.39, 0.29) is 16.9 Å². The Morgan fingerprint density at radius 3 is 2.65 bits per heavy atom. The zero-order valence-corrected chi connectivity index (χ0v) is 10.6. The van der Waals surface area contributed by atoms with Crippen molar-refractivity contribution in [2.75, 3.05) is 17.6 Å². The SMILES string of the molecule is CC(C)(CNc1ccc(N)c(F)c1)C1CCC1. The van der Waals surface area contributed by atoms with Crippen LogP contribution in [0.5, 0.6) is 0 Å². The maximum atomic E-state index is 13.3. The third-order valence-electron chi connectivity index (χ3n) is 3.96. The number of nitrogen functional groups attached to an aromatic ring is 1. The summed E-state index contributed by atoms with van der Waals surface area (Å²) in [6.45, 7) is 5.43. The summed E-state index contributed by atoms with van der Waals surface area (Å²) in [5, 5.41) is 3.31. The molecule has 94 valence electrons. The highest BCUT2D eigenvalue weighted by Crippen LogP contribution is 2.41. The molecule has 3 N–H and O–H groups in total. The number of hydrogen-bond acceptors (Lipinski definition) is 2. The molecule has 0 amide bonds.